The Kier molecular flexibility index (Phi) is 6.77. The third kappa shape index (κ3) is 4.42. The Labute approximate surface area is 155 Å². The van der Waals surface area contributed by atoms with Crippen molar-refractivity contribution in [3.8, 4) is 0 Å². The van der Waals surface area contributed by atoms with Gasteiger partial charge in [0.1, 0.15) is 6.61 Å². The molecule has 1 fully saturated rings. The maximum atomic E-state index is 12.6. The molecule has 1 amide bonds. The quantitative estimate of drug-likeness (QED) is 0.640. The number of esters is 1. The van der Waals surface area contributed by atoms with Crippen LogP contribution in [0.25, 0.3) is 0 Å². The van der Waals surface area contributed by atoms with E-state index in [-0.39, 0.29) is 23.0 Å². The Morgan fingerprint density at radius 2 is 1.96 bits per heavy atom. The number of amides is 1. The molecule has 0 N–H and O–H groups in total. The largest absolute Gasteiger partial charge is 0.460 e. The standard InChI is InChI=1S/C18H26N2O5S/c1-4-20(5-2)26(23,24)15-9-8-14(3)16(13-15)18(22)25-12-11-19-10-6-7-17(19)21/h8-9,13H,4-7,10-12H2,1-3H3. The summed E-state index contributed by atoms with van der Waals surface area (Å²) in [6, 6.07) is 4.48. The summed E-state index contributed by atoms with van der Waals surface area (Å²) < 4.78 is 31.9. The molecule has 7 nitrogen and oxygen atoms in total. The number of nitrogens with zero attached hydrogens (tertiary/aromatic N) is 2. The molecule has 0 radical (unpaired) electrons. The molecular formula is C18H26N2O5S. The zero-order valence-corrected chi connectivity index (χ0v) is 16.3. The molecule has 8 heteroatoms. The van der Waals surface area contributed by atoms with E-state index >= 15 is 0 Å². The van der Waals surface area contributed by atoms with Crippen LogP contribution in [-0.4, -0.2) is 62.3 Å². The average Bonchev–Trinajstić information content (AvgIpc) is 3.01. The van der Waals surface area contributed by atoms with Gasteiger partial charge in [-0.15, -0.1) is 0 Å². The smallest absolute Gasteiger partial charge is 0.338 e. The van der Waals surface area contributed by atoms with Gasteiger partial charge >= 0.3 is 5.97 Å². The van der Waals surface area contributed by atoms with Gasteiger partial charge in [-0.05, 0) is 31.0 Å². The van der Waals surface area contributed by atoms with Crippen LogP contribution in [0.3, 0.4) is 0 Å². The number of rotatable bonds is 8. The first-order chi connectivity index (χ1) is 12.3. The number of carbonyl (C=O) groups is 2. The van der Waals surface area contributed by atoms with Crippen LogP contribution in [0.5, 0.6) is 0 Å². The molecule has 0 unspecified atom stereocenters. The second-order valence-corrected chi connectivity index (χ2v) is 8.12. The molecule has 1 saturated heterocycles. The summed E-state index contributed by atoms with van der Waals surface area (Å²) in [6.45, 7) is 7.13. The van der Waals surface area contributed by atoms with E-state index < -0.39 is 16.0 Å². The molecular weight excluding hydrogens is 356 g/mol. The van der Waals surface area contributed by atoms with Crippen molar-refractivity contribution in [2.45, 2.75) is 38.5 Å². The van der Waals surface area contributed by atoms with Crippen molar-refractivity contribution in [1.82, 2.24) is 9.21 Å². The molecule has 1 aromatic rings. The molecule has 2 rings (SSSR count). The third-order valence-electron chi connectivity index (χ3n) is 4.54. The fourth-order valence-corrected chi connectivity index (χ4v) is 4.45. The van der Waals surface area contributed by atoms with Gasteiger partial charge in [0, 0.05) is 26.1 Å². The summed E-state index contributed by atoms with van der Waals surface area (Å²) in [5.41, 5.74) is 0.872. The SMILES string of the molecule is CCN(CC)S(=O)(=O)c1ccc(C)c(C(=O)OCCN2CCCC2=O)c1. The third-order valence-corrected chi connectivity index (χ3v) is 6.58. The van der Waals surface area contributed by atoms with E-state index in [0.717, 1.165) is 6.42 Å². The highest BCUT2D eigenvalue weighted by molar-refractivity contribution is 7.89. The molecule has 0 spiro atoms. The minimum Gasteiger partial charge on any atom is -0.460 e. The lowest BCUT2D eigenvalue weighted by Gasteiger charge is -2.19. The summed E-state index contributed by atoms with van der Waals surface area (Å²) in [7, 11) is -3.64. The van der Waals surface area contributed by atoms with Crippen molar-refractivity contribution in [3.63, 3.8) is 0 Å². The van der Waals surface area contributed by atoms with E-state index in [4.69, 9.17) is 4.74 Å². The van der Waals surface area contributed by atoms with Crippen LogP contribution in [0, 0.1) is 6.92 Å². The summed E-state index contributed by atoms with van der Waals surface area (Å²) in [5, 5.41) is 0. The zero-order valence-electron chi connectivity index (χ0n) is 15.5. The lowest BCUT2D eigenvalue weighted by molar-refractivity contribution is -0.128. The Balaban J connectivity index is 2.11. The van der Waals surface area contributed by atoms with Crippen LogP contribution in [0.4, 0.5) is 0 Å². The molecule has 1 aromatic carbocycles. The van der Waals surface area contributed by atoms with Crippen LogP contribution in [-0.2, 0) is 19.6 Å². The van der Waals surface area contributed by atoms with Gasteiger partial charge in [-0.25, -0.2) is 13.2 Å². The summed E-state index contributed by atoms with van der Waals surface area (Å²) in [5.74, 6) is -0.504. The fraction of sp³-hybridized carbons (Fsp3) is 0.556. The zero-order chi connectivity index (χ0) is 19.3. The first-order valence-corrected chi connectivity index (χ1v) is 10.3. The van der Waals surface area contributed by atoms with E-state index in [9.17, 15) is 18.0 Å². The maximum Gasteiger partial charge on any atom is 0.338 e. The number of likely N-dealkylation sites (tertiary alicyclic amines) is 1. The molecule has 1 heterocycles. The van der Waals surface area contributed by atoms with Gasteiger partial charge in [0.15, 0.2) is 0 Å². The number of ether oxygens (including phenoxy) is 1. The fourth-order valence-electron chi connectivity index (χ4n) is 2.96. The number of aryl methyl sites for hydroxylation is 1. The predicted octanol–water partition coefficient (Wildman–Crippen LogP) is 1.80. The molecule has 0 saturated carbocycles. The molecule has 0 bridgehead atoms. The van der Waals surface area contributed by atoms with Gasteiger partial charge in [0.2, 0.25) is 15.9 Å². The summed E-state index contributed by atoms with van der Waals surface area (Å²) in [4.78, 5) is 25.7. The molecule has 1 aliphatic rings. The highest BCUT2D eigenvalue weighted by Gasteiger charge is 2.24. The number of hydrogen-bond acceptors (Lipinski definition) is 5. The van der Waals surface area contributed by atoms with Crippen LogP contribution in [0.15, 0.2) is 23.1 Å². The van der Waals surface area contributed by atoms with Crippen LogP contribution >= 0.6 is 0 Å². The summed E-state index contributed by atoms with van der Waals surface area (Å²) in [6.07, 6.45) is 1.37. The number of carbonyl (C=O) groups excluding carboxylic acids is 2. The van der Waals surface area contributed by atoms with Crippen molar-refractivity contribution in [3.05, 3.63) is 29.3 Å². The molecule has 1 aliphatic heterocycles. The van der Waals surface area contributed by atoms with Gasteiger partial charge in [-0.2, -0.15) is 4.31 Å². The van der Waals surface area contributed by atoms with Crippen molar-refractivity contribution in [2.75, 3.05) is 32.8 Å². The molecule has 0 atom stereocenters. The van der Waals surface area contributed by atoms with E-state index in [1.165, 1.54) is 16.4 Å². The van der Waals surface area contributed by atoms with Gasteiger partial charge in [0.05, 0.1) is 17.0 Å². The first kappa shape index (κ1) is 20.4. The van der Waals surface area contributed by atoms with Crippen LogP contribution < -0.4 is 0 Å². The number of sulfonamides is 1. The normalized spacial score (nSPS) is 14.9. The first-order valence-electron chi connectivity index (χ1n) is 8.87. The Bertz CT molecular complexity index is 772. The van der Waals surface area contributed by atoms with Crippen molar-refractivity contribution < 1.29 is 22.7 Å². The lowest BCUT2D eigenvalue weighted by Crippen LogP contribution is -2.31. The number of benzene rings is 1. The highest BCUT2D eigenvalue weighted by atomic mass is 32.2. The van der Waals surface area contributed by atoms with E-state index in [0.29, 0.717) is 38.2 Å². The van der Waals surface area contributed by atoms with Crippen LogP contribution in [0.2, 0.25) is 0 Å². The maximum absolute atomic E-state index is 12.6. The van der Waals surface area contributed by atoms with E-state index in [2.05, 4.69) is 0 Å². The van der Waals surface area contributed by atoms with Gasteiger partial charge in [-0.1, -0.05) is 19.9 Å². The number of hydrogen-bond donors (Lipinski definition) is 0. The second kappa shape index (κ2) is 8.64. The molecule has 144 valence electrons. The Hall–Kier alpha value is -1.93. The molecule has 0 aliphatic carbocycles. The monoisotopic (exact) mass is 382 g/mol. The van der Waals surface area contributed by atoms with Crippen molar-refractivity contribution >= 4 is 21.9 Å². The predicted molar refractivity (Wildman–Crippen MR) is 97.4 cm³/mol. The molecule has 26 heavy (non-hydrogen) atoms. The second-order valence-electron chi connectivity index (χ2n) is 6.19. The topological polar surface area (TPSA) is 84.0 Å². The average molecular weight is 382 g/mol. The van der Waals surface area contributed by atoms with Crippen molar-refractivity contribution in [1.29, 1.82) is 0 Å². The lowest BCUT2D eigenvalue weighted by atomic mass is 10.1. The Morgan fingerprint density at radius 1 is 1.27 bits per heavy atom. The van der Waals surface area contributed by atoms with Crippen molar-refractivity contribution in [2.24, 2.45) is 0 Å². The highest BCUT2D eigenvalue weighted by Crippen LogP contribution is 2.20. The van der Waals surface area contributed by atoms with E-state index in [1.54, 1.807) is 31.7 Å². The van der Waals surface area contributed by atoms with Gasteiger partial charge in [-0.3, -0.25) is 4.79 Å². The van der Waals surface area contributed by atoms with Crippen LogP contribution in [0.1, 0.15) is 42.6 Å². The minimum absolute atomic E-state index is 0.0737. The summed E-state index contributed by atoms with van der Waals surface area (Å²) >= 11 is 0. The Morgan fingerprint density at radius 3 is 2.54 bits per heavy atom. The molecule has 0 aromatic heterocycles. The minimum atomic E-state index is -3.64. The van der Waals surface area contributed by atoms with Gasteiger partial charge < -0.3 is 9.64 Å². The van der Waals surface area contributed by atoms with E-state index in [1.807, 2.05) is 0 Å². The van der Waals surface area contributed by atoms with Gasteiger partial charge in [0.25, 0.3) is 0 Å².